The Morgan fingerprint density at radius 1 is 1.12 bits per heavy atom. The molecule has 0 unspecified atom stereocenters. The second-order valence-electron chi connectivity index (χ2n) is 8.26. The van der Waals surface area contributed by atoms with Gasteiger partial charge in [-0.15, -0.1) is 0 Å². The number of methoxy groups -OCH3 is 1. The number of nitrogens with zero attached hydrogens (tertiary/aromatic N) is 2. The molecule has 2 aliphatic rings. The third-order valence-electron chi connectivity index (χ3n) is 5.97. The molecule has 0 aromatic heterocycles. The smallest absolute Gasteiger partial charge is 0.407 e. The Balaban J connectivity index is 2.01. The number of likely N-dealkylation sites (tertiary alicyclic amines) is 1. The van der Waals surface area contributed by atoms with E-state index >= 15 is 0 Å². The SMILES string of the molecule is COC(=O)N[C@H](CC1CCC1)C(=O)N1CCC[C@H]1C(=O)N[C@@H](CCCN=C(N)N)C(=O)O. The number of aliphatic carboxylic acids is 1. The Bertz CT molecular complexity index is 721. The molecule has 2 fully saturated rings. The van der Waals surface area contributed by atoms with Gasteiger partial charge in [-0.1, -0.05) is 19.3 Å². The summed E-state index contributed by atoms with van der Waals surface area (Å²) in [6.07, 6.45) is 4.43. The highest BCUT2D eigenvalue weighted by Crippen LogP contribution is 2.31. The summed E-state index contributed by atoms with van der Waals surface area (Å²) >= 11 is 0. The molecule has 3 atom stereocenters. The van der Waals surface area contributed by atoms with E-state index in [4.69, 9.17) is 11.5 Å². The van der Waals surface area contributed by atoms with Crippen LogP contribution in [0, 0.1) is 5.92 Å². The predicted molar refractivity (Wildman–Crippen MR) is 115 cm³/mol. The number of guanidine groups is 1. The van der Waals surface area contributed by atoms with Crippen molar-refractivity contribution in [3.8, 4) is 0 Å². The van der Waals surface area contributed by atoms with Crippen molar-refractivity contribution >= 4 is 29.8 Å². The van der Waals surface area contributed by atoms with E-state index in [9.17, 15) is 24.3 Å². The molecule has 0 radical (unpaired) electrons. The Morgan fingerprint density at radius 3 is 2.41 bits per heavy atom. The fourth-order valence-electron chi connectivity index (χ4n) is 4.02. The van der Waals surface area contributed by atoms with Gasteiger partial charge in [0.15, 0.2) is 5.96 Å². The van der Waals surface area contributed by atoms with E-state index in [0.717, 1.165) is 19.3 Å². The number of nitrogens with two attached hydrogens (primary N) is 2. The summed E-state index contributed by atoms with van der Waals surface area (Å²) in [5.41, 5.74) is 10.5. The van der Waals surface area contributed by atoms with E-state index in [2.05, 4.69) is 20.4 Å². The number of hydrogen-bond donors (Lipinski definition) is 5. The first-order valence-corrected chi connectivity index (χ1v) is 11.0. The highest BCUT2D eigenvalue weighted by molar-refractivity contribution is 5.93. The zero-order chi connectivity index (χ0) is 23.7. The number of aliphatic imine (C=N–C) groups is 1. The van der Waals surface area contributed by atoms with Crippen molar-refractivity contribution in [1.29, 1.82) is 0 Å². The molecule has 12 nitrogen and oxygen atoms in total. The average Bonchev–Trinajstić information content (AvgIpc) is 3.20. The number of carbonyl (C=O) groups excluding carboxylic acids is 3. The van der Waals surface area contributed by atoms with Gasteiger partial charge in [0.2, 0.25) is 11.8 Å². The summed E-state index contributed by atoms with van der Waals surface area (Å²) in [5.74, 6) is -1.78. The van der Waals surface area contributed by atoms with Gasteiger partial charge in [0.1, 0.15) is 18.1 Å². The van der Waals surface area contributed by atoms with Gasteiger partial charge in [-0.2, -0.15) is 0 Å². The maximum Gasteiger partial charge on any atom is 0.407 e. The fourth-order valence-corrected chi connectivity index (χ4v) is 4.02. The van der Waals surface area contributed by atoms with Crippen LogP contribution < -0.4 is 22.1 Å². The molecular formula is C20H34N6O6. The number of carbonyl (C=O) groups is 4. The second-order valence-corrected chi connectivity index (χ2v) is 8.26. The van der Waals surface area contributed by atoms with Crippen LogP contribution in [-0.4, -0.2) is 78.2 Å². The zero-order valence-corrected chi connectivity index (χ0v) is 18.4. The van der Waals surface area contributed by atoms with Gasteiger partial charge in [0.25, 0.3) is 0 Å². The van der Waals surface area contributed by atoms with Crippen LogP contribution in [0.5, 0.6) is 0 Å². The van der Waals surface area contributed by atoms with Gasteiger partial charge in [0, 0.05) is 13.1 Å². The standard InChI is InChI=1S/C20H34N6O6/c1-32-20(31)25-14(11-12-5-2-6-12)17(28)26-10-4-8-15(26)16(27)24-13(18(29)30)7-3-9-23-19(21)22/h12-15H,2-11H2,1H3,(H,24,27)(H,25,31)(H,29,30)(H4,21,22,23)/t13-,14+,15-/m0/s1. The maximum atomic E-state index is 13.2. The van der Waals surface area contributed by atoms with E-state index < -0.39 is 36.1 Å². The molecule has 2 rings (SSSR count). The van der Waals surface area contributed by atoms with Crippen LogP contribution in [0.2, 0.25) is 0 Å². The van der Waals surface area contributed by atoms with Crippen molar-refractivity contribution in [1.82, 2.24) is 15.5 Å². The second kappa shape index (κ2) is 12.1. The number of amides is 3. The summed E-state index contributed by atoms with van der Waals surface area (Å²) in [5, 5.41) is 14.6. The van der Waals surface area contributed by atoms with Crippen LogP contribution in [0.25, 0.3) is 0 Å². The molecule has 0 aromatic rings. The quantitative estimate of drug-likeness (QED) is 0.157. The minimum absolute atomic E-state index is 0.0851. The molecule has 180 valence electrons. The van der Waals surface area contributed by atoms with Crippen molar-refractivity contribution < 1.29 is 29.0 Å². The highest BCUT2D eigenvalue weighted by Gasteiger charge is 2.40. The Hall–Kier alpha value is -3.05. The highest BCUT2D eigenvalue weighted by atomic mass is 16.5. The van der Waals surface area contributed by atoms with Crippen molar-refractivity contribution in [2.75, 3.05) is 20.2 Å². The summed E-state index contributed by atoms with van der Waals surface area (Å²) in [4.78, 5) is 54.6. The number of carboxylic acid groups (broad SMARTS) is 1. The molecule has 0 aromatic carbocycles. The van der Waals surface area contributed by atoms with E-state index in [1.807, 2.05) is 0 Å². The molecule has 1 heterocycles. The first kappa shape index (κ1) is 25.2. The summed E-state index contributed by atoms with van der Waals surface area (Å²) < 4.78 is 4.65. The van der Waals surface area contributed by atoms with Gasteiger partial charge in [-0.05, 0) is 38.0 Å². The topological polar surface area (TPSA) is 189 Å². The van der Waals surface area contributed by atoms with Gasteiger partial charge >= 0.3 is 12.1 Å². The summed E-state index contributed by atoms with van der Waals surface area (Å²) in [6.45, 7) is 0.612. The normalized spacial score (nSPS) is 19.9. The monoisotopic (exact) mass is 454 g/mol. The number of carboxylic acids is 1. The average molecular weight is 455 g/mol. The lowest BCUT2D eigenvalue weighted by Crippen LogP contribution is -2.55. The molecule has 7 N–H and O–H groups in total. The Morgan fingerprint density at radius 2 is 1.84 bits per heavy atom. The predicted octanol–water partition coefficient (Wildman–Crippen LogP) is -0.485. The van der Waals surface area contributed by atoms with Crippen LogP contribution in [0.4, 0.5) is 4.79 Å². The molecule has 3 amide bonds. The van der Waals surface area contributed by atoms with Crippen LogP contribution in [0.3, 0.4) is 0 Å². The first-order valence-electron chi connectivity index (χ1n) is 11.0. The van der Waals surface area contributed by atoms with Crippen molar-refractivity contribution in [3.63, 3.8) is 0 Å². The van der Waals surface area contributed by atoms with E-state index in [0.29, 0.717) is 38.1 Å². The molecule has 0 bridgehead atoms. The molecular weight excluding hydrogens is 420 g/mol. The number of ether oxygens (including phenoxy) is 1. The van der Waals surface area contributed by atoms with Crippen molar-refractivity contribution in [2.45, 2.75) is 69.5 Å². The lowest BCUT2D eigenvalue weighted by molar-refractivity contribution is -0.144. The van der Waals surface area contributed by atoms with Crippen LogP contribution in [0.15, 0.2) is 4.99 Å². The zero-order valence-electron chi connectivity index (χ0n) is 18.4. The maximum absolute atomic E-state index is 13.2. The van der Waals surface area contributed by atoms with Crippen LogP contribution >= 0.6 is 0 Å². The first-order chi connectivity index (χ1) is 15.2. The molecule has 1 saturated heterocycles. The minimum Gasteiger partial charge on any atom is -0.480 e. The van der Waals surface area contributed by atoms with E-state index in [-0.39, 0.29) is 24.8 Å². The Labute approximate surface area is 187 Å². The molecule has 1 saturated carbocycles. The minimum atomic E-state index is -1.17. The number of nitrogens with one attached hydrogen (secondary N) is 2. The van der Waals surface area contributed by atoms with E-state index in [1.165, 1.54) is 12.0 Å². The molecule has 1 aliphatic carbocycles. The lowest BCUT2D eigenvalue weighted by atomic mass is 9.80. The van der Waals surface area contributed by atoms with Gasteiger partial charge < -0.3 is 36.8 Å². The summed E-state index contributed by atoms with van der Waals surface area (Å²) in [7, 11) is 1.23. The summed E-state index contributed by atoms with van der Waals surface area (Å²) in [6, 6.07) is -2.69. The lowest BCUT2D eigenvalue weighted by Gasteiger charge is -2.33. The third kappa shape index (κ3) is 7.27. The van der Waals surface area contributed by atoms with E-state index in [1.54, 1.807) is 0 Å². The van der Waals surface area contributed by atoms with Crippen LogP contribution in [0.1, 0.15) is 51.4 Å². The molecule has 32 heavy (non-hydrogen) atoms. The van der Waals surface area contributed by atoms with Crippen LogP contribution in [-0.2, 0) is 19.1 Å². The van der Waals surface area contributed by atoms with Crippen molar-refractivity contribution in [2.24, 2.45) is 22.4 Å². The van der Waals surface area contributed by atoms with Gasteiger partial charge in [-0.3, -0.25) is 14.6 Å². The molecule has 12 heteroatoms. The third-order valence-corrected chi connectivity index (χ3v) is 5.97. The fraction of sp³-hybridized carbons (Fsp3) is 0.750. The largest absolute Gasteiger partial charge is 0.480 e. The molecule has 0 spiro atoms. The van der Waals surface area contributed by atoms with Gasteiger partial charge in [-0.25, -0.2) is 9.59 Å². The number of hydrogen-bond acceptors (Lipinski definition) is 6. The van der Waals surface area contributed by atoms with Crippen molar-refractivity contribution in [3.05, 3.63) is 0 Å². The number of rotatable bonds is 11. The van der Waals surface area contributed by atoms with Gasteiger partial charge in [0.05, 0.1) is 7.11 Å². The number of alkyl carbamates (subject to hydrolysis) is 1. The Kier molecular flexibility index (Phi) is 9.54. The molecule has 1 aliphatic heterocycles.